The molecule has 0 N–H and O–H groups in total. The lowest BCUT2D eigenvalue weighted by Crippen LogP contribution is -2.48. The summed E-state index contributed by atoms with van der Waals surface area (Å²) in [5.74, 6) is 0. The first kappa shape index (κ1) is 22.0. The Morgan fingerprint density at radius 3 is 1.68 bits per heavy atom. The second-order valence-electron chi connectivity index (χ2n) is 8.32. The third-order valence-electron chi connectivity index (χ3n) is 2.35. The zero-order valence-corrected chi connectivity index (χ0v) is 19.0. The molecule has 0 aromatic carbocycles. The van der Waals surface area contributed by atoms with Crippen LogP contribution in [0.3, 0.4) is 0 Å². The highest BCUT2D eigenvalue weighted by Crippen LogP contribution is 2.18. The molecule has 0 bridgehead atoms. The van der Waals surface area contributed by atoms with Crippen molar-refractivity contribution < 1.29 is 18.1 Å². The topological polar surface area (TPSA) is 49.3 Å². The first-order valence-corrected chi connectivity index (χ1v) is 18.0. The third-order valence-corrected chi connectivity index (χ3v) is 5.38. The summed E-state index contributed by atoms with van der Waals surface area (Å²) in [5, 5.41) is 3.92. The number of hydrogen-bond acceptors (Lipinski definition) is 5. The molecule has 0 aromatic heterocycles. The summed E-state index contributed by atoms with van der Waals surface area (Å²) in [6.45, 7) is 20.1. The van der Waals surface area contributed by atoms with Gasteiger partial charge in [0.15, 0.2) is 25.0 Å². The fraction of sp³-hybridized carbons (Fsp3) is 0.929. The van der Waals surface area contributed by atoms with E-state index in [0.717, 1.165) is 0 Å². The number of oxime groups is 1. The second kappa shape index (κ2) is 8.74. The average molecular weight is 366 g/mol. The lowest BCUT2D eigenvalue weighted by atomic mass is 10.2. The van der Waals surface area contributed by atoms with Gasteiger partial charge in [-0.1, -0.05) is 5.16 Å². The molecule has 0 unspecified atom stereocenters. The summed E-state index contributed by atoms with van der Waals surface area (Å²) >= 11 is 0. The maximum absolute atomic E-state index is 6.32. The van der Waals surface area contributed by atoms with Crippen molar-refractivity contribution in [1.29, 1.82) is 0 Å². The molecule has 0 aliphatic rings. The van der Waals surface area contributed by atoms with Crippen molar-refractivity contribution in [2.75, 3.05) is 13.7 Å². The van der Waals surface area contributed by atoms with Gasteiger partial charge in [0, 0.05) is 0 Å². The fourth-order valence-corrected chi connectivity index (χ4v) is 4.52. The van der Waals surface area contributed by atoms with E-state index < -0.39 is 25.0 Å². The standard InChI is InChI=1S/C14H35NO4Si3/c1-16-15-11-13(18-21(5,6)7)14(19-22(8,9)10)12-17-20(2,3)4/h11,13-14H,12H2,1-10H3/b15-11-/t13-,14-/m1/s1. The predicted molar refractivity (Wildman–Crippen MR) is 101 cm³/mol. The summed E-state index contributed by atoms with van der Waals surface area (Å²) in [6.07, 6.45) is 1.31. The highest BCUT2D eigenvalue weighted by molar-refractivity contribution is 6.70. The molecule has 132 valence electrons. The van der Waals surface area contributed by atoms with Crippen molar-refractivity contribution in [1.82, 2.24) is 0 Å². The first-order valence-electron chi connectivity index (χ1n) is 7.80. The average Bonchev–Trinajstić information content (AvgIpc) is 2.26. The molecular formula is C14H35NO4Si3. The zero-order chi connectivity index (χ0) is 17.6. The largest absolute Gasteiger partial charge is 0.415 e. The monoisotopic (exact) mass is 365 g/mol. The summed E-state index contributed by atoms with van der Waals surface area (Å²) in [6, 6.07) is 0. The molecule has 0 rings (SSSR count). The Hall–Kier alpha value is 0.000649. The quantitative estimate of drug-likeness (QED) is 0.334. The maximum atomic E-state index is 6.32. The van der Waals surface area contributed by atoms with Gasteiger partial charge in [0.1, 0.15) is 13.2 Å². The van der Waals surface area contributed by atoms with Crippen LogP contribution in [0.2, 0.25) is 58.9 Å². The Morgan fingerprint density at radius 2 is 1.32 bits per heavy atom. The fourth-order valence-electron chi connectivity index (χ4n) is 1.71. The molecule has 0 spiro atoms. The number of hydrogen-bond donors (Lipinski definition) is 0. The maximum Gasteiger partial charge on any atom is 0.184 e. The molecule has 0 amide bonds. The van der Waals surface area contributed by atoms with E-state index in [4.69, 9.17) is 18.1 Å². The minimum absolute atomic E-state index is 0.149. The van der Waals surface area contributed by atoms with Crippen molar-refractivity contribution >= 4 is 31.2 Å². The van der Waals surface area contributed by atoms with Crippen molar-refractivity contribution in [2.24, 2.45) is 5.16 Å². The van der Waals surface area contributed by atoms with E-state index in [1.807, 2.05) is 0 Å². The molecular weight excluding hydrogens is 330 g/mol. The summed E-state index contributed by atoms with van der Waals surface area (Å²) in [5.41, 5.74) is 0. The summed E-state index contributed by atoms with van der Waals surface area (Å²) in [4.78, 5) is 4.84. The number of rotatable bonds is 10. The SMILES string of the molecule is CO/N=C\[C@@H](O[Si](C)(C)C)[C@@H](CO[Si](C)(C)C)O[Si](C)(C)C. The summed E-state index contributed by atoms with van der Waals surface area (Å²) in [7, 11) is -3.54. The summed E-state index contributed by atoms with van der Waals surface area (Å²) < 4.78 is 18.7. The Balaban J connectivity index is 5.19. The van der Waals surface area contributed by atoms with Crippen LogP contribution < -0.4 is 0 Å². The molecule has 0 aromatic rings. The lowest BCUT2D eigenvalue weighted by molar-refractivity contribution is 0.0445. The van der Waals surface area contributed by atoms with E-state index in [2.05, 4.69) is 64.1 Å². The Morgan fingerprint density at radius 1 is 0.818 bits per heavy atom. The molecule has 8 heteroatoms. The van der Waals surface area contributed by atoms with Crippen LogP contribution in [0.15, 0.2) is 5.16 Å². The van der Waals surface area contributed by atoms with Crippen molar-refractivity contribution in [3.05, 3.63) is 0 Å². The minimum atomic E-state index is -1.74. The molecule has 0 saturated carbocycles. The van der Waals surface area contributed by atoms with Gasteiger partial charge < -0.3 is 18.1 Å². The number of nitrogens with zero attached hydrogens (tertiary/aromatic N) is 1. The van der Waals surface area contributed by atoms with Gasteiger partial charge in [-0.15, -0.1) is 0 Å². The predicted octanol–water partition coefficient (Wildman–Crippen LogP) is 3.91. The van der Waals surface area contributed by atoms with Crippen LogP contribution in [0.4, 0.5) is 0 Å². The van der Waals surface area contributed by atoms with Crippen LogP contribution in [-0.4, -0.2) is 57.1 Å². The van der Waals surface area contributed by atoms with Gasteiger partial charge in [0.25, 0.3) is 0 Å². The van der Waals surface area contributed by atoms with Gasteiger partial charge in [0.2, 0.25) is 0 Å². The van der Waals surface area contributed by atoms with E-state index in [1.165, 1.54) is 7.11 Å². The Labute approximate surface area is 139 Å². The van der Waals surface area contributed by atoms with Crippen LogP contribution in [0.5, 0.6) is 0 Å². The van der Waals surface area contributed by atoms with Gasteiger partial charge >= 0.3 is 0 Å². The molecule has 5 nitrogen and oxygen atoms in total. The van der Waals surface area contributed by atoms with Crippen LogP contribution in [-0.2, 0) is 18.1 Å². The molecule has 0 saturated heterocycles. The van der Waals surface area contributed by atoms with E-state index >= 15 is 0 Å². The van der Waals surface area contributed by atoms with Gasteiger partial charge in [-0.3, -0.25) is 0 Å². The normalized spacial score (nSPS) is 16.8. The van der Waals surface area contributed by atoms with Crippen LogP contribution in [0.25, 0.3) is 0 Å². The first-order chi connectivity index (χ1) is 9.73. The van der Waals surface area contributed by atoms with Gasteiger partial charge in [0.05, 0.1) is 18.9 Å². The smallest absolute Gasteiger partial charge is 0.184 e. The molecule has 0 aliphatic heterocycles. The third kappa shape index (κ3) is 12.5. The van der Waals surface area contributed by atoms with Crippen molar-refractivity contribution in [3.63, 3.8) is 0 Å². The van der Waals surface area contributed by atoms with E-state index in [0.29, 0.717) is 6.61 Å². The van der Waals surface area contributed by atoms with Crippen molar-refractivity contribution in [3.8, 4) is 0 Å². The lowest BCUT2D eigenvalue weighted by Gasteiger charge is -2.35. The van der Waals surface area contributed by atoms with Crippen molar-refractivity contribution in [2.45, 2.75) is 71.1 Å². The van der Waals surface area contributed by atoms with Gasteiger partial charge in [-0.2, -0.15) is 0 Å². The van der Waals surface area contributed by atoms with E-state index in [9.17, 15) is 0 Å². The highest BCUT2D eigenvalue weighted by atomic mass is 28.4. The Kier molecular flexibility index (Phi) is 8.74. The molecule has 0 radical (unpaired) electrons. The van der Waals surface area contributed by atoms with Crippen LogP contribution in [0, 0.1) is 0 Å². The van der Waals surface area contributed by atoms with Crippen LogP contribution >= 0.6 is 0 Å². The molecule has 0 fully saturated rings. The molecule has 0 aliphatic carbocycles. The molecule has 22 heavy (non-hydrogen) atoms. The van der Waals surface area contributed by atoms with Gasteiger partial charge in [-0.05, 0) is 58.9 Å². The van der Waals surface area contributed by atoms with E-state index in [1.54, 1.807) is 6.21 Å². The molecule has 0 heterocycles. The molecule has 2 atom stereocenters. The highest BCUT2D eigenvalue weighted by Gasteiger charge is 2.33. The van der Waals surface area contributed by atoms with Gasteiger partial charge in [-0.25, -0.2) is 0 Å². The Bertz CT molecular complexity index is 345. The minimum Gasteiger partial charge on any atom is -0.415 e. The van der Waals surface area contributed by atoms with E-state index in [-0.39, 0.29) is 12.2 Å². The second-order valence-corrected chi connectivity index (χ2v) is 21.8. The van der Waals surface area contributed by atoms with Crippen LogP contribution in [0.1, 0.15) is 0 Å². The zero-order valence-electron chi connectivity index (χ0n) is 16.0.